The number of hydrogen-bond acceptors (Lipinski definition) is 4. The average Bonchev–Trinajstić information content (AvgIpc) is 2.73. The Hall–Kier alpha value is -3.67. The zero-order chi connectivity index (χ0) is 21.5. The highest BCUT2D eigenvalue weighted by molar-refractivity contribution is 5.97. The van der Waals surface area contributed by atoms with E-state index in [9.17, 15) is 14.0 Å². The maximum absolute atomic E-state index is 13.4. The van der Waals surface area contributed by atoms with E-state index in [1.807, 2.05) is 13.0 Å². The van der Waals surface area contributed by atoms with Crippen molar-refractivity contribution < 1.29 is 23.5 Å². The van der Waals surface area contributed by atoms with Gasteiger partial charge >= 0.3 is 5.97 Å². The maximum Gasteiger partial charge on any atom is 0.311 e. The molecule has 0 aromatic heterocycles. The molecule has 30 heavy (non-hydrogen) atoms. The fourth-order valence-corrected chi connectivity index (χ4v) is 3.01. The molecular weight excluding hydrogens is 385 g/mol. The molecular formula is C24H22FNO4. The molecule has 5 nitrogen and oxygen atoms in total. The molecule has 3 aromatic carbocycles. The van der Waals surface area contributed by atoms with Gasteiger partial charge in [0.25, 0.3) is 5.91 Å². The number of nitrogens with one attached hydrogen (secondary N) is 1. The van der Waals surface area contributed by atoms with Crippen LogP contribution < -0.4 is 10.1 Å². The second-order valence-electron chi connectivity index (χ2n) is 6.78. The predicted octanol–water partition coefficient (Wildman–Crippen LogP) is 4.61. The summed E-state index contributed by atoms with van der Waals surface area (Å²) < 4.78 is 24.2. The first-order chi connectivity index (χ1) is 14.5. The predicted molar refractivity (Wildman–Crippen MR) is 112 cm³/mol. The lowest BCUT2D eigenvalue weighted by molar-refractivity contribution is -0.154. The lowest BCUT2D eigenvalue weighted by atomic mass is 10.1. The van der Waals surface area contributed by atoms with Crippen LogP contribution in [0.25, 0.3) is 0 Å². The van der Waals surface area contributed by atoms with Crippen LogP contribution >= 0.6 is 0 Å². The Morgan fingerprint density at radius 3 is 2.47 bits per heavy atom. The molecule has 0 aliphatic rings. The smallest absolute Gasteiger partial charge is 0.311 e. The molecule has 3 aromatic rings. The fourth-order valence-electron chi connectivity index (χ4n) is 3.01. The van der Waals surface area contributed by atoms with Crippen molar-refractivity contribution in [3.05, 3.63) is 95.3 Å². The number of esters is 1. The molecule has 0 saturated carbocycles. The van der Waals surface area contributed by atoms with Crippen molar-refractivity contribution in [1.82, 2.24) is 0 Å². The van der Waals surface area contributed by atoms with Crippen molar-refractivity contribution in [3.8, 4) is 5.75 Å². The third kappa shape index (κ3) is 5.44. The monoisotopic (exact) mass is 407 g/mol. The number of aryl methyl sites for hydroxylation is 1. The van der Waals surface area contributed by atoms with Crippen molar-refractivity contribution >= 4 is 17.6 Å². The summed E-state index contributed by atoms with van der Waals surface area (Å²) in [6, 6.07) is 19.8. The third-order valence-electron chi connectivity index (χ3n) is 4.44. The molecule has 0 spiro atoms. The van der Waals surface area contributed by atoms with Crippen LogP contribution in [0.2, 0.25) is 0 Å². The van der Waals surface area contributed by atoms with Crippen LogP contribution in [0.4, 0.5) is 10.1 Å². The first-order valence-electron chi connectivity index (χ1n) is 9.40. The number of methoxy groups -OCH3 is 1. The van der Waals surface area contributed by atoms with Crippen molar-refractivity contribution in [1.29, 1.82) is 0 Å². The summed E-state index contributed by atoms with van der Waals surface area (Å²) in [6.45, 7) is 1.89. The molecule has 154 valence electrons. The molecule has 0 radical (unpaired) electrons. The molecule has 0 heterocycles. The normalized spacial score (nSPS) is 11.4. The molecule has 1 N–H and O–H groups in total. The van der Waals surface area contributed by atoms with Crippen LogP contribution in [0, 0.1) is 12.7 Å². The van der Waals surface area contributed by atoms with E-state index in [0.29, 0.717) is 22.6 Å². The summed E-state index contributed by atoms with van der Waals surface area (Å²) in [5.74, 6) is -1.10. The van der Waals surface area contributed by atoms with Gasteiger partial charge in [0.05, 0.1) is 19.2 Å². The zero-order valence-corrected chi connectivity index (χ0v) is 16.7. The van der Waals surface area contributed by atoms with Crippen LogP contribution in [-0.2, 0) is 20.7 Å². The quantitative estimate of drug-likeness (QED) is 0.581. The highest BCUT2D eigenvalue weighted by Gasteiger charge is 2.26. The van der Waals surface area contributed by atoms with Crippen molar-refractivity contribution in [2.45, 2.75) is 19.4 Å². The number of anilines is 1. The third-order valence-corrected chi connectivity index (χ3v) is 4.44. The lowest BCUT2D eigenvalue weighted by Gasteiger charge is -2.19. The van der Waals surface area contributed by atoms with Crippen LogP contribution in [0.15, 0.2) is 72.8 Å². The molecule has 0 bridgehead atoms. The number of amides is 1. The van der Waals surface area contributed by atoms with E-state index in [0.717, 1.165) is 5.56 Å². The van der Waals surface area contributed by atoms with Gasteiger partial charge in [-0.2, -0.15) is 0 Å². The molecule has 0 aliphatic carbocycles. The molecule has 1 atom stereocenters. The van der Waals surface area contributed by atoms with Crippen LogP contribution in [0.3, 0.4) is 0 Å². The van der Waals surface area contributed by atoms with E-state index in [-0.39, 0.29) is 6.42 Å². The number of benzene rings is 3. The van der Waals surface area contributed by atoms with Gasteiger partial charge in [0.15, 0.2) is 0 Å². The van der Waals surface area contributed by atoms with Crippen molar-refractivity contribution in [3.63, 3.8) is 0 Å². The van der Waals surface area contributed by atoms with E-state index in [2.05, 4.69) is 5.32 Å². The van der Waals surface area contributed by atoms with E-state index in [1.165, 1.54) is 25.3 Å². The summed E-state index contributed by atoms with van der Waals surface area (Å²) in [7, 11) is 1.51. The minimum atomic E-state index is -1.17. The Bertz CT molecular complexity index is 1040. The second-order valence-corrected chi connectivity index (χ2v) is 6.78. The Morgan fingerprint density at radius 1 is 1.00 bits per heavy atom. The van der Waals surface area contributed by atoms with E-state index < -0.39 is 23.8 Å². The second kappa shape index (κ2) is 9.69. The number of halogens is 1. The van der Waals surface area contributed by atoms with Crippen molar-refractivity contribution in [2.75, 3.05) is 12.4 Å². The van der Waals surface area contributed by atoms with Gasteiger partial charge in [-0.05, 0) is 42.3 Å². The minimum Gasteiger partial charge on any atom is -0.495 e. The molecule has 0 fully saturated rings. The van der Waals surface area contributed by atoms with Gasteiger partial charge in [-0.25, -0.2) is 4.39 Å². The molecule has 0 aliphatic heterocycles. The van der Waals surface area contributed by atoms with Crippen LogP contribution in [0.1, 0.15) is 22.8 Å². The summed E-state index contributed by atoms with van der Waals surface area (Å²) in [5, 5.41) is 2.78. The Balaban J connectivity index is 1.81. The molecule has 1 amide bonds. The topological polar surface area (TPSA) is 64.6 Å². The first-order valence-corrected chi connectivity index (χ1v) is 9.40. The first kappa shape index (κ1) is 21.0. The number of carbonyl (C=O) groups is 2. The van der Waals surface area contributed by atoms with E-state index >= 15 is 0 Å². The van der Waals surface area contributed by atoms with Crippen LogP contribution in [0.5, 0.6) is 5.75 Å². The van der Waals surface area contributed by atoms with E-state index in [4.69, 9.17) is 9.47 Å². The summed E-state index contributed by atoms with van der Waals surface area (Å²) in [4.78, 5) is 25.5. The SMILES string of the molecule is COc1ccc(C)cc1NC(=O)[C@H](OC(=O)Cc1cccc(F)c1)c1ccccc1. The largest absolute Gasteiger partial charge is 0.495 e. The zero-order valence-electron chi connectivity index (χ0n) is 16.7. The number of ether oxygens (including phenoxy) is 2. The van der Waals surface area contributed by atoms with Gasteiger partial charge in [0.2, 0.25) is 6.10 Å². The van der Waals surface area contributed by atoms with Gasteiger partial charge in [-0.1, -0.05) is 48.5 Å². The van der Waals surface area contributed by atoms with Gasteiger partial charge in [0.1, 0.15) is 11.6 Å². The molecule has 6 heteroatoms. The average molecular weight is 407 g/mol. The fraction of sp³-hybridized carbons (Fsp3) is 0.167. The van der Waals surface area contributed by atoms with Gasteiger partial charge < -0.3 is 14.8 Å². The molecule has 0 unspecified atom stereocenters. The Morgan fingerprint density at radius 2 is 1.77 bits per heavy atom. The van der Waals surface area contributed by atoms with Crippen molar-refractivity contribution in [2.24, 2.45) is 0 Å². The number of carbonyl (C=O) groups excluding carboxylic acids is 2. The van der Waals surface area contributed by atoms with E-state index in [1.54, 1.807) is 48.5 Å². The Kier molecular flexibility index (Phi) is 6.80. The standard InChI is InChI=1S/C24H22FNO4/c1-16-11-12-21(29-2)20(13-16)26-24(28)23(18-8-4-3-5-9-18)30-22(27)15-17-7-6-10-19(25)14-17/h3-14,23H,15H2,1-2H3,(H,26,28)/t23-/m1/s1. The summed E-state index contributed by atoms with van der Waals surface area (Å²) >= 11 is 0. The minimum absolute atomic E-state index is 0.151. The lowest BCUT2D eigenvalue weighted by Crippen LogP contribution is -2.26. The van der Waals surface area contributed by atoms with Gasteiger partial charge in [-0.3, -0.25) is 9.59 Å². The summed E-state index contributed by atoms with van der Waals surface area (Å²) in [6.07, 6.45) is -1.32. The van der Waals surface area contributed by atoms with Gasteiger partial charge in [0, 0.05) is 5.56 Å². The molecule has 3 rings (SSSR count). The number of rotatable bonds is 7. The molecule has 0 saturated heterocycles. The summed E-state index contributed by atoms with van der Waals surface area (Å²) in [5.41, 5.74) is 2.40. The Labute approximate surface area is 174 Å². The van der Waals surface area contributed by atoms with Crippen LogP contribution in [-0.4, -0.2) is 19.0 Å². The highest BCUT2D eigenvalue weighted by atomic mass is 19.1. The van der Waals surface area contributed by atoms with Gasteiger partial charge in [-0.15, -0.1) is 0 Å². The maximum atomic E-state index is 13.4. The number of hydrogen-bond donors (Lipinski definition) is 1. The highest BCUT2D eigenvalue weighted by Crippen LogP contribution is 2.28.